The molecule has 5 aliphatic rings. The number of rotatable bonds is 6. The standard InChI is InChI=1S/C43H45N5O3S/c1-42-19-18-36(42)48(25-46(42)2)41(50)43-23-33(43)32-22-29(51-3)15-17-30(32)39-37(26-9-5-4-6-10-26)31-16-14-28(21-34(31)47(39)24-43)40(49)45-52-35-13-7-11-27-12-8-20-44-38(27)35/h7-8,11-17,20-22,26,33,36H,4-6,9-10,18-19,23-25H2,1-3H3,(H,45,49). The first-order valence-electron chi connectivity index (χ1n) is 19.0. The molecule has 2 amide bonds. The molecular weight excluding hydrogens is 667 g/mol. The second kappa shape index (κ2) is 11.8. The normalized spacial score (nSPS) is 26.6. The molecule has 3 saturated carbocycles. The number of carbonyl (C=O) groups excluding carboxylic acids is 2. The molecule has 0 spiro atoms. The van der Waals surface area contributed by atoms with E-state index in [1.54, 1.807) is 13.3 Å². The van der Waals surface area contributed by atoms with Crippen molar-refractivity contribution in [3.05, 3.63) is 89.6 Å². The van der Waals surface area contributed by atoms with Crippen molar-refractivity contribution in [3.63, 3.8) is 0 Å². The summed E-state index contributed by atoms with van der Waals surface area (Å²) in [6.07, 6.45) is 10.8. The summed E-state index contributed by atoms with van der Waals surface area (Å²) in [5, 5.41) is 2.25. The Kier molecular flexibility index (Phi) is 7.36. The van der Waals surface area contributed by atoms with Crippen LogP contribution in [0.3, 0.4) is 0 Å². The van der Waals surface area contributed by atoms with Gasteiger partial charge in [0.25, 0.3) is 5.91 Å². The highest BCUT2D eigenvalue weighted by molar-refractivity contribution is 7.98. The summed E-state index contributed by atoms with van der Waals surface area (Å²) < 4.78 is 11.4. The van der Waals surface area contributed by atoms with Gasteiger partial charge in [0.1, 0.15) is 5.75 Å². The molecule has 8 nitrogen and oxygen atoms in total. The maximum atomic E-state index is 15.1. The number of hydrogen-bond donors (Lipinski definition) is 1. The number of methoxy groups -OCH3 is 1. The number of benzene rings is 3. The number of likely N-dealkylation sites (N-methyl/N-ethyl adjacent to an activating group) is 1. The Bertz CT molecular complexity index is 2290. The number of nitrogens with one attached hydrogen (secondary N) is 1. The summed E-state index contributed by atoms with van der Waals surface area (Å²) in [5.74, 6) is 1.53. The maximum Gasteiger partial charge on any atom is 0.261 e. The predicted molar refractivity (Wildman–Crippen MR) is 206 cm³/mol. The molecule has 1 N–H and O–H groups in total. The van der Waals surface area contributed by atoms with Crippen LogP contribution in [0.4, 0.5) is 0 Å². The van der Waals surface area contributed by atoms with Crippen molar-refractivity contribution in [2.75, 3.05) is 20.8 Å². The Morgan fingerprint density at radius 2 is 1.85 bits per heavy atom. The maximum absolute atomic E-state index is 15.1. The van der Waals surface area contributed by atoms with Gasteiger partial charge in [0.2, 0.25) is 5.91 Å². The molecule has 10 rings (SSSR count). The Labute approximate surface area is 309 Å². The van der Waals surface area contributed by atoms with E-state index in [1.807, 2.05) is 36.4 Å². The largest absolute Gasteiger partial charge is 0.497 e. The number of pyridine rings is 1. The fourth-order valence-electron chi connectivity index (χ4n) is 10.3. The highest BCUT2D eigenvalue weighted by Gasteiger charge is 2.67. The van der Waals surface area contributed by atoms with Crippen LogP contribution in [-0.4, -0.2) is 63.6 Å². The van der Waals surface area contributed by atoms with E-state index in [0.717, 1.165) is 59.2 Å². The van der Waals surface area contributed by atoms with Gasteiger partial charge >= 0.3 is 0 Å². The minimum atomic E-state index is -0.542. The summed E-state index contributed by atoms with van der Waals surface area (Å²) in [4.78, 5) is 39.1. The first-order valence-corrected chi connectivity index (χ1v) is 19.8. The summed E-state index contributed by atoms with van der Waals surface area (Å²) in [5.41, 5.74) is 7.12. The van der Waals surface area contributed by atoms with Crippen LogP contribution < -0.4 is 9.46 Å². The van der Waals surface area contributed by atoms with Crippen molar-refractivity contribution >= 4 is 45.6 Å². The lowest BCUT2D eigenvalue weighted by atomic mass is 9.73. The topological polar surface area (TPSA) is 79.7 Å². The van der Waals surface area contributed by atoms with Crippen LogP contribution in [0.5, 0.6) is 5.75 Å². The minimum Gasteiger partial charge on any atom is -0.497 e. The monoisotopic (exact) mass is 711 g/mol. The Morgan fingerprint density at radius 1 is 1.00 bits per heavy atom. The number of carbonyl (C=O) groups is 2. The van der Waals surface area contributed by atoms with Crippen LogP contribution >= 0.6 is 11.9 Å². The lowest BCUT2D eigenvalue weighted by molar-refractivity contribution is -0.140. The molecule has 3 aromatic carbocycles. The molecule has 4 heterocycles. The molecule has 4 unspecified atom stereocenters. The molecule has 4 atom stereocenters. The van der Waals surface area contributed by atoms with Gasteiger partial charge in [-0.3, -0.25) is 24.2 Å². The Hall–Kier alpha value is -4.34. The summed E-state index contributed by atoms with van der Waals surface area (Å²) in [6, 6.07) is 23.0. The quantitative estimate of drug-likeness (QED) is 0.178. The summed E-state index contributed by atoms with van der Waals surface area (Å²) in [7, 11) is 3.90. The van der Waals surface area contributed by atoms with Gasteiger partial charge in [0.05, 0.1) is 41.3 Å². The zero-order chi connectivity index (χ0) is 35.4. The molecule has 9 heteroatoms. The molecular formula is C43H45N5O3S. The molecule has 1 saturated heterocycles. The van der Waals surface area contributed by atoms with E-state index in [2.05, 4.69) is 68.4 Å². The first kappa shape index (κ1) is 32.3. The minimum absolute atomic E-state index is 0.0599. The third-order valence-corrected chi connectivity index (χ3v) is 14.4. The second-order valence-electron chi connectivity index (χ2n) is 16.2. The van der Waals surface area contributed by atoms with Gasteiger partial charge in [-0.1, -0.05) is 43.5 Å². The molecule has 0 radical (unpaired) electrons. The van der Waals surface area contributed by atoms with E-state index in [9.17, 15) is 4.79 Å². The highest BCUT2D eigenvalue weighted by atomic mass is 32.2. The first-order chi connectivity index (χ1) is 25.3. The van der Waals surface area contributed by atoms with Crippen molar-refractivity contribution in [1.29, 1.82) is 0 Å². The number of nitrogens with zero attached hydrogens (tertiary/aromatic N) is 4. The van der Waals surface area contributed by atoms with E-state index in [1.165, 1.54) is 59.0 Å². The lowest BCUT2D eigenvalue weighted by Crippen LogP contribution is -2.57. The van der Waals surface area contributed by atoms with Crippen LogP contribution in [0, 0.1) is 5.41 Å². The zero-order valence-electron chi connectivity index (χ0n) is 30.2. The molecule has 52 heavy (non-hydrogen) atoms. The fraction of sp³-hybridized carbons (Fsp3) is 0.419. The van der Waals surface area contributed by atoms with Gasteiger partial charge in [-0.2, -0.15) is 0 Å². The molecule has 2 aliphatic heterocycles. The van der Waals surface area contributed by atoms with Crippen molar-refractivity contribution in [3.8, 4) is 17.0 Å². The van der Waals surface area contributed by atoms with Crippen molar-refractivity contribution in [2.24, 2.45) is 5.41 Å². The smallest absolute Gasteiger partial charge is 0.261 e. The van der Waals surface area contributed by atoms with Gasteiger partial charge in [0.15, 0.2) is 0 Å². The molecule has 266 valence electrons. The molecule has 0 bridgehead atoms. The predicted octanol–water partition coefficient (Wildman–Crippen LogP) is 8.49. The average Bonchev–Trinajstić information content (AvgIpc) is 3.80. The fourth-order valence-corrected chi connectivity index (χ4v) is 11.1. The number of ether oxygens (including phenoxy) is 1. The molecule has 2 aromatic heterocycles. The third kappa shape index (κ3) is 4.67. The Morgan fingerprint density at radius 3 is 2.63 bits per heavy atom. The number of fused-ring (bicyclic) bond motifs is 9. The zero-order valence-corrected chi connectivity index (χ0v) is 31.0. The van der Waals surface area contributed by atoms with E-state index in [4.69, 9.17) is 4.74 Å². The van der Waals surface area contributed by atoms with Gasteiger partial charge in [-0.05, 0) is 118 Å². The van der Waals surface area contributed by atoms with Crippen LogP contribution in [0.2, 0.25) is 0 Å². The summed E-state index contributed by atoms with van der Waals surface area (Å²) in [6.45, 7) is 3.61. The van der Waals surface area contributed by atoms with Crippen molar-refractivity contribution in [1.82, 2.24) is 24.1 Å². The van der Waals surface area contributed by atoms with Crippen molar-refractivity contribution in [2.45, 2.75) is 93.1 Å². The summed E-state index contributed by atoms with van der Waals surface area (Å²) >= 11 is 1.31. The number of hydrogen-bond acceptors (Lipinski definition) is 6. The lowest BCUT2D eigenvalue weighted by Gasteiger charge is -2.47. The molecule has 3 aliphatic carbocycles. The van der Waals surface area contributed by atoms with Gasteiger partial charge in [-0.15, -0.1) is 0 Å². The average molecular weight is 712 g/mol. The third-order valence-electron chi connectivity index (χ3n) is 13.6. The molecule has 5 aromatic rings. The number of aromatic nitrogens is 2. The SMILES string of the molecule is COc1ccc2c(c1)C1CC1(C(=O)N1CN(C)C3(C)CCC13)Cn1c-2c(C2CCCCC2)c2ccc(C(=O)NSc3cccc4cccnc34)cc21. The van der Waals surface area contributed by atoms with Crippen LogP contribution in [-0.2, 0) is 11.3 Å². The Balaban J connectivity index is 1.10. The van der Waals surface area contributed by atoms with E-state index >= 15 is 4.79 Å². The number of amides is 2. The van der Waals surface area contributed by atoms with Crippen LogP contribution in [0.15, 0.2) is 77.8 Å². The van der Waals surface area contributed by atoms with Crippen LogP contribution in [0.1, 0.15) is 91.6 Å². The highest BCUT2D eigenvalue weighted by Crippen LogP contribution is 2.67. The van der Waals surface area contributed by atoms with E-state index < -0.39 is 5.41 Å². The second-order valence-corrected chi connectivity index (χ2v) is 17.0. The molecule has 4 fully saturated rings. The van der Waals surface area contributed by atoms with Gasteiger partial charge in [0, 0.05) is 51.6 Å². The van der Waals surface area contributed by atoms with E-state index in [0.29, 0.717) is 24.7 Å². The van der Waals surface area contributed by atoms with Gasteiger partial charge in [-0.25, -0.2) is 0 Å². The van der Waals surface area contributed by atoms with Gasteiger partial charge < -0.3 is 14.2 Å². The number of para-hydroxylation sites is 1. The van der Waals surface area contributed by atoms with Crippen LogP contribution in [0.25, 0.3) is 33.1 Å². The van der Waals surface area contributed by atoms with Crippen molar-refractivity contribution < 1.29 is 14.3 Å². The van der Waals surface area contributed by atoms with E-state index in [-0.39, 0.29) is 29.3 Å².